The Bertz CT molecular complexity index is 541. The lowest BCUT2D eigenvalue weighted by molar-refractivity contribution is 0.312. The number of anilines is 1. The molecule has 1 heterocycles. The van der Waals surface area contributed by atoms with Gasteiger partial charge in [0.2, 0.25) is 5.95 Å². The maximum Gasteiger partial charge on any atom is 0.337 e. The highest BCUT2D eigenvalue weighted by Crippen LogP contribution is 2.26. The van der Waals surface area contributed by atoms with Gasteiger partial charge in [0.15, 0.2) is 0 Å². The van der Waals surface area contributed by atoms with E-state index in [0.29, 0.717) is 22.3 Å². The topological polar surface area (TPSA) is 66.0 Å². The van der Waals surface area contributed by atoms with Crippen LogP contribution in [0.4, 0.5) is 5.95 Å². The van der Waals surface area contributed by atoms with Gasteiger partial charge in [0, 0.05) is 5.02 Å². The first-order valence-electron chi connectivity index (χ1n) is 4.92. The molecule has 0 radical (unpaired) electrons. The summed E-state index contributed by atoms with van der Waals surface area (Å²) in [5, 5.41) is 5.08. The highest BCUT2D eigenvalue weighted by atomic mass is 35.5. The molecule has 1 aromatic heterocycles. The van der Waals surface area contributed by atoms with Crippen LogP contribution in [0.3, 0.4) is 0 Å². The molecule has 0 fully saturated rings. The Morgan fingerprint density at radius 2 is 2.18 bits per heavy atom. The summed E-state index contributed by atoms with van der Waals surface area (Å²) >= 11 is 11.9. The smallest absolute Gasteiger partial charge is 0.337 e. The summed E-state index contributed by atoms with van der Waals surface area (Å²) < 4.78 is 6.57. The van der Waals surface area contributed by atoms with Crippen LogP contribution < -0.4 is 10.5 Å². The molecular formula is C10H10Cl2N4O. The Balaban J connectivity index is 2.45. The van der Waals surface area contributed by atoms with Gasteiger partial charge in [-0.05, 0) is 25.1 Å². The van der Waals surface area contributed by atoms with E-state index in [9.17, 15) is 0 Å². The molecule has 0 aliphatic rings. The first-order valence-corrected chi connectivity index (χ1v) is 5.68. The number of rotatable bonds is 3. The standard InChI is InChI=1S/C10H10Cl2N4O/c1-2-17-10-14-9(13)16(15-10)8-4-3-6(11)5-7(8)12/h3-5H,2H2,1H3,(H2,13,14,15). The Kier molecular flexibility index (Phi) is 3.40. The molecule has 0 saturated carbocycles. The van der Waals surface area contributed by atoms with Crippen LogP contribution in [-0.4, -0.2) is 21.4 Å². The minimum Gasteiger partial charge on any atom is -0.463 e. The molecule has 0 amide bonds. The van der Waals surface area contributed by atoms with E-state index in [1.807, 2.05) is 6.92 Å². The Morgan fingerprint density at radius 3 is 2.82 bits per heavy atom. The van der Waals surface area contributed by atoms with Crippen LogP contribution in [0.2, 0.25) is 10.0 Å². The van der Waals surface area contributed by atoms with E-state index in [0.717, 1.165) is 0 Å². The predicted molar refractivity (Wildman–Crippen MR) is 67.0 cm³/mol. The zero-order valence-electron chi connectivity index (χ0n) is 9.02. The maximum absolute atomic E-state index is 6.05. The summed E-state index contributed by atoms with van der Waals surface area (Å²) in [5.41, 5.74) is 6.33. The van der Waals surface area contributed by atoms with Crippen LogP contribution >= 0.6 is 23.2 Å². The van der Waals surface area contributed by atoms with E-state index < -0.39 is 0 Å². The first-order chi connectivity index (χ1) is 8.11. The van der Waals surface area contributed by atoms with Gasteiger partial charge in [-0.2, -0.15) is 9.67 Å². The number of ether oxygens (including phenoxy) is 1. The fourth-order valence-electron chi connectivity index (χ4n) is 1.33. The molecule has 0 saturated heterocycles. The van der Waals surface area contributed by atoms with Crippen molar-refractivity contribution < 1.29 is 4.74 Å². The van der Waals surface area contributed by atoms with Crippen molar-refractivity contribution in [2.24, 2.45) is 0 Å². The molecule has 1 aromatic carbocycles. The minimum atomic E-state index is 0.206. The summed E-state index contributed by atoms with van der Waals surface area (Å²) in [5.74, 6) is 0.206. The number of benzene rings is 1. The van der Waals surface area contributed by atoms with Gasteiger partial charge < -0.3 is 10.5 Å². The molecule has 0 aliphatic heterocycles. The monoisotopic (exact) mass is 272 g/mol. The third-order valence-electron chi connectivity index (χ3n) is 2.02. The van der Waals surface area contributed by atoms with E-state index in [2.05, 4.69) is 10.1 Å². The molecule has 0 spiro atoms. The molecule has 2 N–H and O–H groups in total. The van der Waals surface area contributed by atoms with Gasteiger partial charge >= 0.3 is 6.01 Å². The lowest BCUT2D eigenvalue weighted by Gasteiger charge is -2.04. The summed E-state index contributed by atoms with van der Waals surface area (Å²) in [6.45, 7) is 2.31. The van der Waals surface area contributed by atoms with Gasteiger partial charge in [-0.15, -0.1) is 5.10 Å². The van der Waals surface area contributed by atoms with Crippen molar-refractivity contribution in [1.29, 1.82) is 0 Å². The van der Waals surface area contributed by atoms with E-state index >= 15 is 0 Å². The van der Waals surface area contributed by atoms with Crippen LogP contribution in [0.15, 0.2) is 18.2 Å². The van der Waals surface area contributed by atoms with Crippen LogP contribution in [0.5, 0.6) is 6.01 Å². The third kappa shape index (κ3) is 2.45. The zero-order valence-corrected chi connectivity index (χ0v) is 10.5. The van der Waals surface area contributed by atoms with Crippen LogP contribution in [-0.2, 0) is 0 Å². The van der Waals surface area contributed by atoms with Gasteiger partial charge in [0.05, 0.1) is 17.3 Å². The van der Waals surface area contributed by atoms with Gasteiger partial charge in [-0.25, -0.2) is 0 Å². The number of halogens is 2. The fraction of sp³-hybridized carbons (Fsp3) is 0.200. The molecule has 0 aliphatic carbocycles. The molecular weight excluding hydrogens is 263 g/mol. The molecule has 0 bridgehead atoms. The molecule has 0 unspecified atom stereocenters. The maximum atomic E-state index is 6.05. The SMILES string of the molecule is CCOc1nc(N)n(-c2ccc(Cl)cc2Cl)n1. The molecule has 17 heavy (non-hydrogen) atoms. The van der Waals surface area contributed by atoms with Gasteiger partial charge in [-0.1, -0.05) is 23.2 Å². The largest absolute Gasteiger partial charge is 0.463 e. The molecule has 5 nitrogen and oxygen atoms in total. The summed E-state index contributed by atoms with van der Waals surface area (Å²) in [6, 6.07) is 5.24. The molecule has 2 rings (SSSR count). The number of hydrogen-bond donors (Lipinski definition) is 1. The van der Waals surface area contributed by atoms with Crippen molar-refractivity contribution in [3.8, 4) is 11.7 Å². The van der Waals surface area contributed by atoms with Crippen molar-refractivity contribution in [2.45, 2.75) is 6.92 Å². The lowest BCUT2D eigenvalue weighted by atomic mass is 10.3. The minimum absolute atomic E-state index is 0.206. The van der Waals surface area contributed by atoms with E-state index in [4.69, 9.17) is 33.7 Å². The van der Waals surface area contributed by atoms with Crippen molar-refractivity contribution in [3.63, 3.8) is 0 Å². The Morgan fingerprint density at radius 1 is 1.41 bits per heavy atom. The zero-order chi connectivity index (χ0) is 12.4. The van der Waals surface area contributed by atoms with Crippen LogP contribution in [0.25, 0.3) is 5.69 Å². The predicted octanol–water partition coefficient (Wildman–Crippen LogP) is 2.56. The Labute approximate surface area is 108 Å². The van der Waals surface area contributed by atoms with E-state index in [1.54, 1.807) is 18.2 Å². The molecule has 0 atom stereocenters. The van der Waals surface area contributed by atoms with E-state index in [1.165, 1.54) is 4.68 Å². The molecule has 2 aromatic rings. The fourth-order valence-corrected chi connectivity index (χ4v) is 1.81. The summed E-state index contributed by atoms with van der Waals surface area (Å²) in [7, 11) is 0. The number of nitrogen functional groups attached to an aromatic ring is 1. The highest BCUT2D eigenvalue weighted by Gasteiger charge is 2.12. The second-order valence-electron chi connectivity index (χ2n) is 3.19. The third-order valence-corrected chi connectivity index (χ3v) is 2.56. The van der Waals surface area contributed by atoms with Crippen LogP contribution in [0.1, 0.15) is 6.92 Å². The normalized spacial score (nSPS) is 10.5. The first kappa shape index (κ1) is 12.0. The Hall–Kier alpha value is -1.46. The van der Waals surface area contributed by atoms with Crippen LogP contribution in [0, 0.1) is 0 Å². The van der Waals surface area contributed by atoms with Gasteiger partial charge in [-0.3, -0.25) is 0 Å². The van der Waals surface area contributed by atoms with E-state index in [-0.39, 0.29) is 12.0 Å². The number of nitrogens with zero attached hydrogens (tertiary/aromatic N) is 3. The second-order valence-corrected chi connectivity index (χ2v) is 4.04. The summed E-state index contributed by atoms with van der Waals surface area (Å²) in [4.78, 5) is 3.96. The second kappa shape index (κ2) is 4.81. The number of hydrogen-bond acceptors (Lipinski definition) is 4. The number of nitrogens with two attached hydrogens (primary N) is 1. The van der Waals surface area contributed by atoms with Crippen molar-refractivity contribution in [1.82, 2.24) is 14.8 Å². The van der Waals surface area contributed by atoms with Crippen molar-refractivity contribution in [3.05, 3.63) is 28.2 Å². The highest BCUT2D eigenvalue weighted by molar-refractivity contribution is 6.35. The quantitative estimate of drug-likeness (QED) is 0.933. The molecule has 90 valence electrons. The van der Waals surface area contributed by atoms with Gasteiger partial charge in [0.1, 0.15) is 0 Å². The average molecular weight is 273 g/mol. The van der Waals surface area contributed by atoms with Gasteiger partial charge in [0.25, 0.3) is 0 Å². The lowest BCUT2D eigenvalue weighted by Crippen LogP contribution is -2.03. The summed E-state index contributed by atoms with van der Waals surface area (Å²) in [6.07, 6.45) is 0. The average Bonchev–Trinajstić information content (AvgIpc) is 2.60. The van der Waals surface area contributed by atoms with Crippen molar-refractivity contribution >= 4 is 29.2 Å². The molecule has 7 heteroatoms. The number of aromatic nitrogens is 3. The van der Waals surface area contributed by atoms with Crippen molar-refractivity contribution in [2.75, 3.05) is 12.3 Å².